The molecule has 0 heterocycles. The van der Waals surface area contributed by atoms with Crippen molar-refractivity contribution in [1.82, 2.24) is 4.72 Å². The van der Waals surface area contributed by atoms with Gasteiger partial charge >= 0.3 is 0 Å². The van der Waals surface area contributed by atoms with Gasteiger partial charge in [0, 0.05) is 6.54 Å². The van der Waals surface area contributed by atoms with Crippen molar-refractivity contribution in [3.05, 3.63) is 59.7 Å². The first kappa shape index (κ1) is 21.5. The Hall–Kier alpha value is -1.85. The third-order valence-corrected chi connectivity index (χ3v) is 6.04. The lowest BCUT2D eigenvalue weighted by molar-refractivity contribution is 0.242. The molecule has 4 nitrogen and oxygen atoms in total. The molecule has 27 heavy (non-hydrogen) atoms. The predicted molar refractivity (Wildman–Crippen MR) is 111 cm³/mol. The summed E-state index contributed by atoms with van der Waals surface area (Å²) >= 11 is 0. The van der Waals surface area contributed by atoms with E-state index in [9.17, 15) is 8.42 Å². The molecule has 2 rings (SSSR count). The molecule has 2 aromatic rings. The maximum absolute atomic E-state index is 12.5. The number of nitrogens with one attached hydrogen (secondary N) is 1. The largest absolute Gasteiger partial charge is 0.491 e. The van der Waals surface area contributed by atoms with E-state index in [0.717, 1.165) is 17.7 Å². The maximum atomic E-state index is 12.5. The fourth-order valence-corrected chi connectivity index (χ4v) is 4.15. The number of rotatable bonds is 9. The molecule has 0 saturated carbocycles. The Balaban J connectivity index is 2.01. The Labute approximate surface area is 164 Å². The van der Waals surface area contributed by atoms with Crippen LogP contribution in [0.25, 0.3) is 0 Å². The first-order chi connectivity index (χ1) is 12.7. The lowest BCUT2D eigenvalue weighted by Crippen LogP contribution is -2.26. The molecular weight excluding hydrogens is 358 g/mol. The molecule has 0 spiro atoms. The summed E-state index contributed by atoms with van der Waals surface area (Å²) in [5, 5.41) is 0. The molecule has 0 aliphatic carbocycles. The second kappa shape index (κ2) is 9.38. The van der Waals surface area contributed by atoms with Crippen molar-refractivity contribution < 1.29 is 13.2 Å². The van der Waals surface area contributed by atoms with Crippen LogP contribution in [0, 0.1) is 12.8 Å². The van der Waals surface area contributed by atoms with Gasteiger partial charge in [0.25, 0.3) is 0 Å². The molecule has 0 aliphatic rings. The summed E-state index contributed by atoms with van der Waals surface area (Å²) in [5.74, 6) is 1.54. The highest BCUT2D eigenvalue weighted by Gasteiger charge is 2.18. The van der Waals surface area contributed by atoms with Gasteiger partial charge in [0.05, 0.1) is 11.0 Å². The topological polar surface area (TPSA) is 55.4 Å². The Bertz CT molecular complexity index is 810. The van der Waals surface area contributed by atoms with Gasteiger partial charge in [-0.3, -0.25) is 0 Å². The smallest absolute Gasteiger partial charge is 0.240 e. The number of aryl methyl sites for hydroxylation is 1. The maximum Gasteiger partial charge on any atom is 0.240 e. The molecule has 0 fully saturated rings. The minimum Gasteiger partial charge on any atom is -0.491 e. The number of sulfonamides is 1. The van der Waals surface area contributed by atoms with Crippen molar-refractivity contribution in [3.63, 3.8) is 0 Å². The van der Waals surface area contributed by atoms with E-state index in [4.69, 9.17) is 4.74 Å². The fourth-order valence-electron chi connectivity index (χ4n) is 3.10. The molecule has 0 aliphatic heterocycles. The molecule has 0 saturated heterocycles. The van der Waals surface area contributed by atoms with Crippen LogP contribution >= 0.6 is 0 Å². The van der Waals surface area contributed by atoms with Gasteiger partial charge in [-0.2, -0.15) is 0 Å². The normalized spacial score (nSPS) is 13.1. The molecular formula is C22H31NO3S. The first-order valence-electron chi connectivity index (χ1n) is 9.52. The van der Waals surface area contributed by atoms with E-state index in [1.54, 1.807) is 12.1 Å². The zero-order chi connectivity index (χ0) is 20.0. The second-order valence-corrected chi connectivity index (χ2v) is 9.35. The van der Waals surface area contributed by atoms with Crippen molar-refractivity contribution >= 4 is 10.0 Å². The summed E-state index contributed by atoms with van der Waals surface area (Å²) in [5.41, 5.74) is 2.24. The van der Waals surface area contributed by atoms with E-state index in [2.05, 4.69) is 30.7 Å². The van der Waals surface area contributed by atoms with Crippen LogP contribution < -0.4 is 9.46 Å². The van der Waals surface area contributed by atoms with Crippen LogP contribution in [0.2, 0.25) is 0 Å². The number of benzene rings is 2. The van der Waals surface area contributed by atoms with Crippen LogP contribution in [0.3, 0.4) is 0 Å². The molecule has 2 aromatic carbocycles. The van der Waals surface area contributed by atoms with Crippen molar-refractivity contribution in [2.75, 3.05) is 6.54 Å². The number of hydrogen-bond donors (Lipinski definition) is 1. The average molecular weight is 390 g/mol. The molecule has 5 heteroatoms. The molecule has 0 radical (unpaired) electrons. The zero-order valence-corrected chi connectivity index (χ0v) is 17.7. The lowest BCUT2D eigenvalue weighted by Gasteiger charge is -2.22. The van der Waals surface area contributed by atoms with E-state index in [0.29, 0.717) is 17.4 Å². The van der Waals surface area contributed by atoms with Crippen LogP contribution in [0.4, 0.5) is 0 Å². The molecule has 0 bridgehead atoms. The molecule has 0 amide bonds. The predicted octanol–water partition coefficient (Wildman–Crippen LogP) is 4.89. The van der Waals surface area contributed by atoms with Gasteiger partial charge in [0.1, 0.15) is 5.75 Å². The lowest BCUT2D eigenvalue weighted by atomic mass is 9.86. The second-order valence-electron chi connectivity index (χ2n) is 7.59. The van der Waals surface area contributed by atoms with Crippen molar-refractivity contribution in [3.8, 4) is 5.75 Å². The molecule has 1 N–H and O–H groups in total. The monoisotopic (exact) mass is 389 g/mol. The molecule has 0 aromatic heterocycles. The Kier molecular flexibility index (Phi) is 7.45. The molecule has 0 unspecified atom stereocenters. The van der Waals surface area contributed by atoms with E-state index < -0.39 is 10.0 Å². The third kappa shape index (κ3) is 6.36. The van der Waals surface area contributed by atoms with Gasteiger partial charge in [-0.1, -0.05) is 43.7 Å². The van der Waals surface area contributed by atoms with Crippen LogP contribution in [0.1, 0.15) is 51.2 Å². The van der Waals surface area contributed by atoms with Crippen molar-refractivity contribution in [2.24, 2.45) is 5.92 Å². The van der Waals surface area contributed by atoms with Gasteiger partial charge < -0.3 is 4.74 Å². The van der Waals surface area contributed by atoms with Gasteiger partial charge in [0.15, 0.2) is 0 Å². The summed E-state index contributed by atoms with van der Waals surface area (Å²) in [6.07, 6.45) is 0.889. The standard InChI is InChI=1S/C22H31NO3S/c1-16(2)22(19-8-10-20(11-9-19)26-17(3)4)14-15-23-27(24,25)21-12-6-18(5)7-13-21/h6-13,16-17,22-23H,14-15H2,1-5H3/t22-/m0/s1. The van der Waals surface area contributed by atoms with Crippen molar-refractivity contribution in [2.45, 2.75) is 58.0 Å². The Morgan fingerprint density at radius 1 is 0.926 bits per heavy atom. The SMILES string of the molecule is Cc1ccc(S(=O)(=O)NCC[C@H](c2ccc(OC(C)C)cc2)C(C)C)cc1. The average Bonchev–Trinajstić information content (AvgIpc) is 2.59. The number of ether oxygens (including phenoxy) is 1. The molecule has 1 atom stereocenters. The summed E-state index contributed by atoms with van der Waals surface area (Å²) in [6, 6.07) is 15.0. The highest BCUT2D eigenvalue weighted by Crippen LogP contribution is 2.29. The van der Waals surface area contributed by atoms with Crippen LogP contribution in [-0.2, 0) is 10.0 Å². The minimum atomic E-state index is -3.47. The summed E-state index contributed by atoms with van der Waals surface area (Å²) in [6.45, 7) is 10.7. The molecule has 148 valence electrons. The third-order valence-electron chi connectivity index (χ3n) is 4.56. The van der Waals surface area contributed by atoms with Crippen LogP contribution in [-0.4, -0.2) is 21.1 Å². The van der Waals surface area contributed by atoms with E-state index in [1.165, 1.54) is 5.56 Å². The highest BCUT2D eigenvalue weighted by atomic mass is 32.2. The van der Waals surface area contributed by atoms with Gasteiger partial charge in [-0.15, -0.1) is 0 Å². The van der Waals surface area contributed by atoms with Gasteiger partial charge in [0.2, 0.25) is 10.0 Å². The van der Waals surface area contributed by atoms with Crippen molar-refractivity contribution in [1.29, 1.82) is 0 Å². The van der Waals surface area contributed by atoms with Crippen LogP contribution in [0.15, 0.2) is 53.4 Å². The fraction of sp³-hybridized carbons (Fsp3) is 0.455. The summed E-state index contributed by atoms with van der Waals surface area (Å²) < 4.78 is 33.3. The van der Waals surface area contributed by atoms with Crippen LogP contribution in [0.5, 0.6) is 5.75 Å². The Morgan fingerprint density at radius 3 is 2.04 bits per heavy atom. The minimum absolute atomic E-state index is 0.146. The van der Waals surface area contributed by atoms with E-state index >= 15 is 0 Å². The Morgan fingerprint density at radius 2 is 1.52 bits per heavy atom. The summed E-state index contributed by atoms with van der Waals surface area (Å²) in [4.78, 5) is 0.310. The van der Waals surface area contributed by atoms with E-state index in [1.807, 2.05) is 45.0 Å². The van der Waals surface area contributed by atoms with Gasteiger partial charge in [-0.05, 0) is 68.9 Å². The number of hydrogen-bond acceptors (Lipinski definition) is 3. The highest BCUT2D eigenvalue weighted by molar-refractivity contribution is 7.89. The van der Waals surface area contributed by atoms with E-state index in [-0.39, 0.29) is 12.0 Å². The first-order valence-corrected chi connectivity index (χ1v) is 11.0. The zero-order valence-electron chi connectivity index (χ0n) is 16.9. The van der Waals surface area contributed by atoms with Gasteiger partial charge in [-0.25, -0.2) is 13.1 Å². The quantitative estimate of drug-likeness (QED) is 0.664. The summed E-state index contributed by atoms with van der Waals surface area (Å²) in [7, 11) is -3.47.